The summed E-state index contributed by atoms with van der Waals surface area (Å²) in [6.07, 6.45) is 8.40. The summed E-state index contributed by atoms with van der Waals surface area (Å²) < 4.78 is 5.15. The number of benzene rings is 1. The molecule has 0 atom stereocenters. The fourth-order valence-corrected chi connectivity index (χ4v) is 3.25. The van der Waals surface area contributed by atoms with Gasteiger partial charge in [0.15, 0.2) is 0 Å². The molecule has 0 heterocycles. The molecular weight excluding hydrogens is 220 g/mol. The Labute approximate surface area is 112 Å². The van der Waals surface area contributed by atoms with Crippen LogP contribution in [0.2, 0.25) is 0 Å². The molecule has 0 aliphatic heterocycles. The zero-order valence-electron chi connectivity index (χ0n) is 11.8. The Kier molecular flexibility index (Phi) is 5.25. The van der Waals surface area contributed by atoms with Crippen LogP contribution in [0, 0.1) is 5.92 Å². The van der Waals surface area contributed by atoms with E-state index in [-0.39, 0.29) is 0 Å². The maximum atomic E-state index is 5.15. The number of ether oxygens (including phenoxy) is 1. The average molecular weight is 246 g/mol. The van der Waals surface area contributed by atoms with Crippen molar-refractivity contribution in [2.45, 2.75) is 58.0 Å². The van der Waals surface area contributed by atoms with E-state index in [1.54, 1.807) is 7.11 Å². The molecule has 1 heteroatoms. The predicted molar refractivity (Wildman–Crippen MR) is 76.8 cm³/mol. The standard InChI is InChI=1S/C17H26O/c1-3-4-14-5-9-16(10-6-14)17-11-7-15(8-12-17)13-18-2/h7-8,11-12,14,16H,3-6,9-10,13H2,1-2H3. The fraction of sp³-hybridized carbons (Fsp3) is 0.647. The van der Waals surface area contributed by atoms with E-state index in [9.17, 15) is 0 Å². The van der Waals surface area contributed by atoms with Crippen LogP contribution in [-0.2, 0) is 11.3 Å². The normalized spacial score (nSPS) is 24.1. The minimum Gasteiger partial charge on any atom is -0.380 e. The molecule has 0 N–H and O–H groups in total. The van der Waals surface area contributed by atoms with E-state index in [1.165, 1.54) is 49.7 Å². The van der Waals surface area contributed by atoms with Gasteiger partial charge in [-0.25, -0.2) is 0 Å². The molecule has 1 aromatic rings. The van der Waals surface area contributed by atoms with Crippen molar-refractivity contribution < 1.29 is 4.74 Å². The molecule has 0 saturated heterocycles. The zero-order valence-corrected chi connectivity index (χ0v) is 11.8. The molecule has 0 aromatic heterocycles. The summed E-state index contributed by atoms with van der Waals surface area (Å²) in [7, 11) is 1.75. The fourth-order valence-electron chi connectivity index (χ4n) is 3.25. The maximum Gasteiger partial charge on any atom is 0.0713 e. The van der Waals surface area contributed by atoms with E-state index in [2.05, 4.69) is 31.2 Å². The second-order valence-corrected chi connectivity index (χ2v) is 5.68. The predicted octanol–water partition coefficient (Wildman–Crippen LogP) is 4.91. The Morgan fingerprint density at radius 2 is 1.72 bits per heavy atom. The van der Waals surface area contributed by atoms with Crippen molar-refractivity contribution in [1.29, 1.82) is 0 Å². The van der Waals surface area contributed by atoms with Crippen LogP contribution in [0.3, 0.4) is 0 Å². The lowest BCUT2D eigenvalue weighted by Gasteiger charge is -2.28. The van der Waals surface area contributed by atoms with Crippen molar-refractivity contribution in [2.24, 2.45) is 5.92 Å². The Hall–Kier alpha value is -0.820. The first-order chi connectivity index (χ1) is 8.83. The largest absolute Gasteiger partial charge is 0.380 e. The Morgan fingerprint density at radius 3 is 2.28 bits per heavy atom. The molecule has 2 rings (SSSR count). The topological polar surface area (TPSA) is 9.23 Å². The minimum atomic E-state index is 0.726. The van der Waals surface area contributed by atoms with Crippen LogP contribution < -0.4 is 0 Å². The molecule has 0 unspecified atom stereocenters. The van der Waals surface area contributed by atoms with Gasteiger partial charge in [-0.3, -0.25) is 0 Å². The highest BCUT2D eigenvalue weighted by Crippen LogP contribution is 2.37. The molecule has 0 radical (unpaired) electrons. The SMILES string of the molecule is CCCC1CCC(c2ccc(COC)cc2)CC1. The second kappa shape index (κ2) is 6.94. The van der Waals surface area contributed by atoms with E-state index < -0.39 is 0 Å². The van der Waals surface area contributed by atoms with Crippen molar-refractivity contribution >= 4 is 0 Å². The van der Waals surface area contributed by atoms with Crippen LogP contribution in [0.5, 0.6) is 0 Å². The van der Waals surface area contributed by atoms with Crippen molar-refractivity contribution in [3.63, 3.8) is 0 Å². The van der Waals surface area contributed by atoms with Crippen molar-refractivity contribution in [2.75, 3.05) is 7.11 Å². The summed E-state index contributed by atoms with van der Waals surface area (Å²) in [6, 6.07) is 9.05. The highest BCUT2D eigenvalue weighted by molar-refractivity contribution is 5.25. The van der Waals surface area contributed by atoms with Gasteiger partial charge in [0.05, 0.1) is 6.61 Å². The minimum absolute atomic E-state index is 0.726. The molecule has 1 aliphatic carbocycles. The van der Waals surface area contributed by atoms with Crippen LogP contribution in [0.25, 0.3) is 0 Å². The molecule has 0 amide bonds. The maximum absolute atomic E-state index is 5.15. The monoisotopic (exact) mass is 246 g/mol. The molecule has 1 aromatic carbocycles. The van der Waals surface area contributed by atoms with E-state index in [1.807, 2.05) is 0 Å². The van der Waals surface area contributed by atoms with Crippen molar-refractivity contribution in [3.8, 4) is 0 Å². The number of methoxy groups -OCH3 is 1. The molecule has 1 saturated carbocycles. The lowest BCUT2D eigenvalue weighted by Crippen LogP contribution is -2.13. The van der Waals surface area contributed by atoms with Crippen LogP contribution in [0.15, 0.2) is 24.3 Å². The molecular formula is C17H26O. The van der Waals surface area contributed by atoms with E-state index in [0.717, 1.165) is 18.4 Å². The lowest BCUT2D eigenvalue weighted by atomic mass is 9.77. The van der Waals surface area contributed by atoms with Gasteiger partial charge in [-0.1, -0.05) is 44.0 Å². The number of rotatable bonds is 5. The summed E-state index contributed by atoms with van der Waals surface area (Å²) in [5.41, 5.74) is 2.81. The first kappa shape index (κ1) is 13.6. The van der Waals surface area contributed by atoms with Crippen LogP contribution in [0.1, 0.15) is 62.5 Å². The molecule has 0 spiro atoms. The van der Waals surface area contributed by atoms with E-state index >= 15 is 0 Å². The van der Waals surface area contributed by atoms with Crippen LogP contribution in [-0.4, -0.2) is 7.11 Å². The summed E-state index contributed by atoms with van der Waals surface area (Å²) in [5, 5.41) is 0. The van der Waals surface area contributed by atoms with E-state index in [0.29, 0.717) is 0 Å². The second-order valence-electron chi connectivity index (χ2n) is 5.68. The van der Waals surface area contributed by atoms with Gasteiger partial charge >= 0.3 is 0 Å². The van der Waals surface area contributed by atoms with Gasteiger partial charge < -0.3 is 4.74 Å². The summed E-state index contributed by atoms with van der Waals surface area (Å²) >= 11 is 0. The third kappa shape index (κ3) is 3.58. The molecule has 18 heavy (non-hydrogen) atoms. The molecule has 0 bridgehead atoms. The molecule has 100 valence electrons. The van der Waals surface area contributed by atoms with Crippen molar-refractivity contribution in [1.82, 2.24) is 0 Å². The van der Waals surface area contributed by atoms with Gasteiger partial charge in [-0.2, -0.15) is 0 Å². The smallest absolute Gasteiger partial charge is 0.0713 e. The Morgan fingerprint density at radius 1 is 1.06 bits per heavy atom. The quantitative estimate of drug-likeness (QED) is 0.717. The zero-order chi connectivity index (χ0) is 12.8. The van der Waals surface area contributed by atoms with Crippen LogP contribution >= 0.6 is 0 Å². The molecule has 1 nitrogen and oxygen atoms in total. The van der Waals surface area contributed by atoms with Gasteiger partial charge in [0.2, 0.25) is 0 Å². The highest BCUT2D eigenvalue weighted by Gasteiger charge is 2.21. The summed E-state index contributed by atoms with van der Waals surface area (Å²) in [6.45, 7) is 3.03. The summed E-state index contributed by atoms with van der Waals surface area (Å²) in [5.74, 6) is 1.80. The first-order valence-corrected chi connectivity index (χ1v) is 7.41. The van der Waals surface area contributed by atoms with Crippen molar-refractivity contribution in [3.05, 3.63) is 35.4 Å². The number of hydrogen-bond acceptors (Lipinski definition) is 1. The third-order valence-corrected chi connectivity index (χ3v) is 4.31. The molecule has 1 aliphatic rings. The summed E-state index contributed by atoms with van der Waals surface area (Å²) in [4.78, 5) is 0. The lowest BCUT2D eigenvalue weighted by molar-refractivity contribution is 0.185. The van der Waals surface area contributed by atoms with Gasteiger partial charge in [0, 0.05) is 7.11 Å². The number of hydrogen-bond donors (Lipinski definition) is 0. The van der Waals surface area contributed by atoms with E-state index in [4.69, 9.17) is 4.74 Å². The van der Waals surface area contributed by atoms with Gasteiger partial charge in [-0.05, 0) is 48.6 Å². The van der Waals surface area contributed by atoms with Gasteiger partial charge in [0.1, 0.15) is 0 Å². The van der Waals surface area contributed by atoms with Gasteiger partial charge in [0.25, 0.3) is 0 Å². The first-order valence-electron chi connectivity index (χ1n) is 7.41. The highest BCUT2D eigenvalue weighted by atomic mass is 16.5. The average Bonchev–Trinajstić information content (AvgIpc) is 2.41. The third-order valence-electron chi connectivity index (χ3n) is 4.31. The van der Waals surface area contributed by atoms with Gasteiger partial charge in [-0.15, -0.1) is 0 Å². The van der Waals surface area contributed by atoms with Crippen LogP contribution in [0.4, 0.5) is 0 Å². The Bertz CT molecular complexity index is 333. The Balaban J connectivity index is 1.89. The molecule has 1 fully saturated rings.